The maximum absolute atomic E-state index is 13.5. The standard InChI is InChI=1S/C23H31F5O7/c1-2-3-4-5-6-7-16(29)34-15-14-33-13-12-32-11-10-31-9-8-17(30)35-23-21(27)19(25)18(24)20(26)22(23)28/h2-15H2,1H3. The number of halogens is 5. The molecule has 12 heteroatoms. The van der Waals surface area contributed by atoms with E-state index in [9.17, 15) is 31.5 Å². The maximum atomic E-state index is 13.5. The van der Waals surface area contributed by atoms with Gasteiger partial charge in [-0.3, -0.25) is 9.59 Å². The maximum Gasteiger partial charge on any atom is 0.313 e. The molecule has 0 atom stereocenters. The van der Waals surface area contributed by atoms with Crippen LogP contribution < -0.4 is 4.74 Å². The van der Waals surface area contributed by atoms with Gasteiger partial charge in [0, 0.05) is 6.42 Å². The van der Waals surface area contributed by atoms with E-state index in [0.29, 0.717) is 6.42 Å². The lowest BCUT2D eigenvalue weighted by molar-refractivity contribution is -0.145. The predicted octanol–water partition coefficient (Wildman–Crippen LogP) is 4.63. The largest absolute Gasteiger partial charge is 0.463 e. The zero-order valence-electron chi connectivity index (χ0n) is 19.6. The minimum Gasteiger partial charge on any atom is -0.463 e. The van der Waals surface area contributed by atoms with Crippen LogP contribution in [0.3, 0.4) is 0 Å². The van der Waals surface area contributed by atoms with E-state index in [1.807, 2.05) is 0 Å². The fourth-order valence-electron chi connectivity index (χ4n) is 2.70. The lowest BCUT2D eigenvalue weighted by Gasteiger charge is -2.09. The Kier molecular flexibility index (Phi) is 15.8. The normalized spacial score (nSPS) is 11.0. The summed E-state index contributed by atoms with van der Waals surface area (Å²) in [5.41, 5.74) is 0. The number of rotatable bonds is 19. The van der Waals surface area contributed by atoms with Crippen molar-refractivity contribution >= 4 is 11.9 Å². The number of ether oxygens (including phenoxy) is 5. The zero-order chi connectivity index (χ0) is 26.1. The van der Waals surface area contributed by atoms with Gasteiger partial charge in [-0.15, -0.1) is 0 Å². The Labute approximate surface area is 200 Å². The van der Waals surface area contributed by atoms with Gasteiger partial charge in [-0.05, 0) is 6.42 Å². The SMILES string of the molecule is CCCCCCCC(=O)OCCOCCOCCOCCC(=O)Oc1c(F)c(F)c(F)c(F)c1F. The highest BCUT2D eigenvalue weighted by Crippen LogP contribution is 2.29. The second kappa shape index (κ2) is 18.0. The van der Waals surface area contributed by atoms with Gasteiger partial charge in [0.2, 0.25) is 34.8 Å². The molecule has 0 aliphatic heterocycles. The Morgan fingerprint density at radius 2 is 1.06 bits per heavy atom. The molecular weight excluding hydrogens is 483 g/mol. The summed E-state index contributed by atoms with van der Waals surface area (Å²) < 4.78 is 90.9. The fraction of sp³-hybridized carbons (Fsp3) is 0.652. The van der Waals surface area contributed by atoms with Crippen LogP contribution in [-0.4, -0.2) is 58.2 Å². The van der Waals surface area contributed by atoms with Crippen LogP contribution in [-0.2, 0) is 28.5 Å². The third kappa shape index (κ3) is 12.3. The average molecular weight is 514 g/mol. The summed E-state index contributed by atoms with van der Waals surface area (Å²) in [5, 5.41) is 0. The molecule has 0 heterocycles. The number of hydrogen-bond donors (Lipinski definition) is 0. The second-order valence-corrected chi connectivity index (χ2v) is 7.34. The molecule has 0 radical (unpaired) electrons. The Bertz CT molecular complexity index is 763. The van der Waals surface area contributed by atoms with Gasteiger partial charge in [0.1, 0.15) is 6.61 Å². The molecule has 35 heavy (non-hydrogen) atoms. The van der Waals surface area contributed by atoms with Crippen LogP contribution in [0.15, 0.2) is 0 Å². The highest BCUT2D eigenvalue weighted by molar-refractivity contribution is 5.72. The van der Waals surface area contributed by atoms with Gasteiger partial charge in [-0.1, -0.05) is 32.6 Å². The number of carbonyl (C=O) groups excluding carboxylic acids is 2. The van der Waals surface area contributed by atoms with E-state index in [4.69, 9.17) is 18.9 Å². The molecule has 200 valence electrons. The minimum atomic E-state index is -2.35. The van der Waals surface area contributed by atoms with Crippen LogP contribution in [0, 0.1) is 29.1 Å². The summed E-state index contributed by atoms with van der Waals surface area (Å²) in [5.74, 6) is -14.4. The summed E-state index contributed by atoms with van der Waals surface area (Å²) in [7, 11) is 0. The molecule has 0 unspecified atom stereocenters. The highest BCUT2D eigenvalue weighted by atomic mass is 19.2. The van der Waals surface area contributed by atoms with E-state index in [-0.39, 0.29) is 52.2 Å². The third-order valence-corrected chi connectivity index (χ3v) is 4.56. The Hall–Kier alpha value is -2.31. The molecule has 1 aromatic rings. The van der Waals surface area contributed by atoms with Crippen LogP contribution in [0.5, 0.6) is 5.75 Å². The van der Waals surface area contributed by atoms with E-state index in [0.717, 1.165) is 25.7 Å². The van der Waals surface area contributed by atoms with E-state index in [1.165, 1.54) is 6.42 Å². The van der Waals surface area contributed by atoms with Gasteiger partial charge in [-0.25, -0.2) is 13.2 Å². The molecule has 0 fully saturated rings. The highest BCUT2D eigenvalue weighted by Gasteiger charge is 2.28. The molecule has 0 spiro atoms. The lowest BCUT2D eigenvalue weighted by atomic mass is 10.1. The van der Waals surface area contributed by atoms with Crippen LogP contribution in [0.2, 0.25) is 0 Å². The molecule has 0 aromatic heterocycles. The molecule has 0 bridgehead atoms. The van der Waals surface area contributed by atoms with E-state index < -0.39 is 47.2 Å². The summed E-state index contributed by atoms with van der Waals surface area (Å²) in [4.78, 5) is 23.1. The smallest absolute Gasteiger partial charge is 0.313 e. The van der Waals surface area contributed by atoms with Gasteiger partial charge in [0.25, 0.3) is 0 Å². The van der Waals surface area contributed by atoms with Gasteiger partial charge in [0.05, 0.1) is 46.1 Å². The first kappa shape index (κ1) is 30.7. The molecule has 0 aliphatic rings. The van der Waals surface area contributed by atoms with Crippen LogP contribution in [0.4, 0.5) is 22.0 Å². The molecule has 0 amide bonds. The number of unbranched alkanes of at least 4 members (excludes halogenated alkanes) is 4. The second-order valence-electron chi connectivity index (χ2n) is 7.34. The van der Waals surface area contributed by atoms with Gasteiger partial charge in [0.15, 0.2) is 0 Å². The number of esters is 2. The Morgan fingerprint density at radius 1 is 0.571 bits per heavy atom. The van der Waals surface area contributed by atoms with Gasteiger partial charge < -0.3 is 23.7 Å². The van der Waals surface area contributed by atoms with E-state index in [1.54, 1.807) is 0 Å². The fourth-order valence-corrected chi connectivity index (χ4v) is 2.70. The predicted molar refractivity (Wildman–Crippen MR) is 113 cm³/mol. The van der Waals surface area contributed by atoms with Crippen molar-refractivity contribution in [1.82, 2.24) is 0 Å². The average Bonchev–Trinajstić information content (AvgIpc) is 2.84. The van der Waals surface area contributed by atoms with Crippen molar-refractivity contribution < 1.29 is 55.2 Å². The topological polar surface area (TPSA) is 80.3 Å². The van der Waals surface area contributed by atoms with Crippen molar-refractivity contribution in [3.8, 4) is 5.75 Å². The van der Waals surface area contributed by atoms with E-state index in [2.05, 4.69) is 11.7 Å². The van der Waals surface area contributed by atoms with Crippen LogP contribution in [0.25, 0.3) is 0 Å². The van der Waals surface area contributed by atoms with Crippen molar-refractivity contribution in [3.05, 3.63) is 29.1 Å². The first-order valence-corrected chi connectivity index (χ1v) is 11.4. The molecular formula is C23H31F5O7. The van der Waals surface area contributed by atoms with Crippen molar-refractivity contribution in [3.63, 3.8) is 0 Å². The molecule has 0 saturated carbocycles. The molecule has 1 aromatic carbocycles. The molecule has 0 aliphatic carbocycles. The molecule has 1 rings (SSSR count). The Balaban J connectivity index is 2.00. The van der Waals surface area contributed by atoms with Gasteiger partial charge >= 0.3 is 11.9 Å². The Morgan fingerprint density at radius 3 is 1.63 bits per heavy atom. The van der Waals surface area contributed by atoms with Gasteiger partial charge in [-0.2, -0.15) is 8.78 Å². The lowest BCUT2D eigenvalue weighted by Crippen LogP contribution is -2.16. The summed E-state index contributed by atoms with van der Waals surface area (Å²) in [6, 6.07) is 0. The summed E-state index contributed by atoms with van der Waals surface area (Å²) in [6.45, 7) is 3.05. The monoisotopic (exact) mass is 514 g/mol. The van der Waals surface area contributed by atoms with E-state index >= 15 is 0 Å². The number of benzene rings is 1. The minimum absolute atomic E-state index is 0.0751. The van der Waals surface area contributed by atoms with Crippen molar-refractivity contribution in [2.24, 2.45) is 0 Å². The molecule has 7 nitrogen and oxygen atoms in total. The number of carbonyl (C=O) groups is 2. The van der Waals surface area contributed by atoms with Crippen molar-refractivity contribution in [2.75, 3.05) is 46.2 Å². The number of hydrogen-bond acceptors (Lipinski definition) is 7. The van der Waals surface area contributed by atoms with Crippen molar-refractivity contribution in [1.29, 1.82) is 0 Å². The van der Waals surface area contributed by atoms with Crippen LogP contribution >= 0.6 is 0 Å². The van der Waals surface area contributed by atoms with Crippen LogP contribution in [0.1, 0.15) is 51.9 Å². The summed E-state index contributed by atoms with van der Waals surface area (Å²) >= 11 is 0. The molecule has 0 saturated heterocycles. The first-order chi connectivity index (χ1) is 16.8. The summed E-state index contributed by atoms with van der Waals surface area (Å²) in [6.07, 6.45) is 5.19. The van der Waals surface area contributed by atoms with Crippen molar-refractivity contribution in [2.45, 2.75) is 51.9 Å². The third-order valence-electron chi connectivity index (χ3n) is 4.56. The first-order valence-electron chi connectivity index (χ1n) is 11.4. The quantitative estimate of drug-likeness (QED) is 0.0665. The zero-order valence-corrected chi connectivity index (χ0v) is 19.6. The molecule has 0 N–H and O–H groups in total.